The van der Waals surface area contributed by atoms with Crippen molar-refractivity contribution < 1.29 is 4.42 Å². The molecule has 0 fully saturated rings. The maximum Gasteiger partial charge on any atom is 0.195 e. The monoisotopic (exact) mass is 189 g/mol. The van der Waals surface area contributed by atoms with Gasteiger partial charge in [0, 0.05) is 6.42 Å². The smallest absolute Gasteiger partial charge is 0.195 e. The molecule has 1 aromatic carbocycles. The summed E-state index contributed by atoms with van der Waals surface area (Å²) in [5, 5.41) is 0. The van der Waals surface area contributed by atoms with E-state index < -0.39 is 0 Å². The lowest BCUT2D eigenvalue weighted by Crippen LogP contribution is -1.79. The van der Waals surface area contributed by atoms with Gasteiger partial charge in [0.05, 0.1) is 0 Å². The minimum absolute atomic E-state index is 0.864. The lowest BCUT2D eigenvalue weighted by atomic mass is 10.1. The average molecular weight is 189 g/mol. The van der Waals surface area contributed by atoms with Gasteiger partial charge in [-0.25, -0.2) is 4.98 Å². The van der Waals surface area contributed by atoms with Gasteiger partial charge < -0.3 is 4.42 Å². The Bertz CT molecular complexity index is 431. The van der Waals surface area contributed by atoms with Crippen molar-refractivity contribution in [3.8, 4) is 0 Å². The zero-order valence-corrected chi connectivity index (χ0v) is 8.71. The van der Waals surface area contributed by atoms with Crippen molar-refractivity contribution in [3.05, 3.63) is 29.7 Å². The van der Waals surface area contributed by atoms with Crippen LogP contribution in [-0.4, -0.2) is 4.98 Å². The first-order chi connectivity index (χ1) is 6.85. The molecule has 0 aliphatic rings. The normalized spacial score (nSPS) is 11.0. The van der Waals surface area contributed by atoms with Crippen LogP contribution in [0.15, 0.2) is 22.6 Å². The highest BCUT2D eigenvalue weighted by Crippen LogP contribution is 2.20. The summed E-state index contributed by atoms with van der Waals surface area (Å²) >= 11 is 0. The molecular formula is C12H15NO. The molecule has 0 radical (unpaired) electrons. The molecule has 14 heavy (non-hydrogen) atoms. The Balaban J connectivity index is 2.52. The number of oxazole rings is 1. The van der Waals surface area contributed by atoms with Crippen LogP contribution in [-0.2, 0) is 12.8 Å². The Kier molecular flexibility index (Phi) is 2.53. The zero-order valence-electron chi connectivity index (χ0n) is 8.71. The fourth-order valence-corrected chi connectivity index (χ4v) is 1.65. The number of rotatable bonds is 3. The third-order valence-corrected chi connectivity index (χ3v) is 2.39. The molecule has 0 aliphatic carbocycles. The van der Waals surface area contributed by atoms with Gasteiger partial charge in [-0.15, -0.1) is 0 Å². The van der Waals surface area contributed by atoms with E-state index in [9.17, 15) is 0 Å². The van der Waals surface area contributed by atoms with Gasteiger partial charge in [0.2, 0.25) is 0 Å². The second-order valence-corrected chi connectivity index (χ2v) is 3.48. The molecule has 74 valence electrons. The van der Waals surface area contributed by atoms with Crippen molar-refractivity contribution in [2.45, 2.75) is 33.1 Å². The minimum atomic E-state index is 0.864. The van der Waals surface area contributed by atoms with Gasteiger partial charge in [-0.1, -0.05) is 26.0 Å². The molecular weight excluding hydrogens is 174 g/mol. The van der Waals surface area contributed by atoms with Crippen LogP contribution in [0.4, 0.5) is 0 Å². The summed E-state index contributed by atoms with van der Waals surface area (Å²) in [5.41, 5.74) is 3.21. The molecule has 2 rings (SSSR count). The summed E-state index contributed by atoms with van der Waals surface area (Å²) in [5.74, 6) is 0.864. The third kappa shape index (κ3) is 1.52. The van der Waals surface area contributed by atoms with Crippen molar-refractivity contribution >= 4 is 11.1 Å². The number of fused-ring (bicyclic) bond motifs is 1. The fraction of sp³-hybridized carbons (Fsp3) is 0.417. The summed E-state index contributed by atoms with van der Waals surface area (Å²) in [6, 6.07) is 6.15. The topological polar surface area (TPSA) is 26.0 Å². The zero-order chi connectivity index (χ0) is 9.97. The van der Waals surface area contributed by atoms with Gasteiger partial charge >= 0.3 is 0 Å². The molecule has 0 spiro atoms. The fourth-order valence-electron chi connectivity index (χ4n) is 1.65. The Hall–Kier alpha value is -1.31. The lowest BCUT2D eigenvalue weighted by molar-refractivity contribution is 0.523. The average Bonchev–Trinajstić information content (AvgIpc) is 2.60. The Morgan fingerprint density at radius 3 is 2.86 bits per heavy atom. The first-order valence-electron chi connectivity index (χ1n) is 5.22. The predicted octanol–water partition coefficient (Wildman–Crippen LogP) is 3.34. The Morgan fingerprint density at radius 2 is 2.14 bits per heavy atom. The Labute approximate surface area is 84.0 Å². The highest BCUT2D eigenvalue weighted by atomic mass is 16.3. The van der Waals surface area contributed by atoms with E-state index in [4.69, 9.17) is 4.42 Å². The summed E-state index contributed by atoms with van der Waals surface area (Å²) in [4.78, 5) is 4.44. The second kappa shape index (κ2) is 3.82. The van der Waals surface area contributed by atoms with Gasteiger partial charge in [-0.3, -0.25) is 0 Å². The van der Waals surface area contributed by atoms with Crippen molar-refractivity contribution in [3.63, 3.8) is 0 Å². The van der Waals surface area contributed by atoms with Gasteiger partial charge in [-0.05, 0) is 24.5 Å². The van der Waals surface area contributed by atoms with Crippen LogP contribution in [0, 0.1) is 0 Å². The van der Waals surface area contributed by atoms with E-state index in [1.165, 1.54) is 5.56 Å². The first-order valence-corrected chi connectivity index (χ1v) is 5.22. The van der Waals surface area contributed by atoms with E-state index in [1.807, 2.05) is 12.1 Å². The third-order valence-electron chi connectivity index (χ3n) is 2.39. The molecule has 1 heterocycles. The molecule has 0 aliphatic heterocycles. The lowest BCUT2D eigenvalue weighted by Gasteiger charge is -1.94. The maximum absolute atomic E-state index is 5.72. The van der Waals surface area contributed by atoms with E-state index in [0.29, 0.717) is 0 Å². The predicted molar refractivity (Wildman–Crippen MR) is 57.4 cm³/mol. The molecule has 2 nitrogen and oxygen atoms in total. The maximum atomic E-state index is 5.72. The molecule has 0 amide bonds. The van der Waals surface area contributed by atoms with Crippen LogP contribution < -0.4 is 0 Å². The van der Waals surface area contributed by atoms with Crippen LogP contribution in [0.5, 0.6) is 0 Å². The van der Waals surface area contributed by atoms with Crippen LogP contribution in [0.1, 0.15) is 31.7 Å². The number of para-hydroxylation sites is 1. The van der Waals surface area contributed by atoms with Crippen LogP contribution >= 0.6 is 0 Å². The number of hydrogen-bond acceptors (Lipinski definition) is 2. The first kappa shape index (κ1) is 9.25. The Morgan fingerprint density at radius 1 is 1.29 bits per heavy atom. The van der Waals surface area contributed by atoms with Crippen LogP contribution in [0.3, 0.4) is 0 Å². The highest BCUT2D eigenvalue weighted by Gasteiger charge is 2.07. The van der Waals surface area contributed by atoms with Gasteiger partial charge in [0.1, 0.15) is 5.52 Å². The quantitative estimate of drug-likeness (QED) is 0.740. The number of hydrogen-bond donors (Lipinski definition) is 0. The van der Waals surface area contributed by atoms with Crippen LogP contribution in [0.25, 0.3) is 11.1 Å². The SMILES string of the molecule is CCCc1nc2cccc(CC)c2o1. The number of aryl methyl sites for hydroxylation is 2. The van der Waals surface area contributed by atoms with E-state index in [1.54, 1.807) is 0 Å². The molecule has 0 atom stereocenters. The molecule has 0 bridgehead atoms. The van der Waals surface area contributed by atoms with Gasteiger partial charge in [0.15, 0.2) is 11.5 Å². The molecule has 0 N–H and O–H groups in total. The van der Waals surface area contributed by atoms with Crippen molar-refractivity contribution in [1.29, 1.82) is 0 Å². The highest BCUT2D eigenvalue weighted by molar-refractivity contribution is 5.76. The second-order valence-electron chi connectivity index (χ2n) is 3.48. The molecule has 0 saturated carbocycles. The number of aromatic nitrogens is 1. The van der Waals surface area contributed by atoms with E-state index >= 15 is 0 Å². The molecule has 2 heteroatoms. The van der Waals surface area contributed by atoms with Crippen molar-refractivity contribution in [2.24, 2.45) is 0 Å². The molecule has 1 aromatic heterocycles. The van der Waals surface area contributed by atoms with E-state index in [-0.39, 0.29) is 0 Å². The standard InChI is InChI=1S/C12H15NO/c1-3-6-11-13-10-8-5-7-9(4-2)12(10)14-11/h5,7-8H,3-4,6H2,1-2H3. The molecule has 2 aromatic rings. The summed E-state index contributed by atoms with van der Waals surface area (Å²) in [6.45, 7) is 4.27. The summed E-state index contributed by atoms with van der Waals surface area (Å²) in [6.07, 6.45) is 3.00. The van der Waals surface area contributed by atoms with E-state index in [2.05, 4.69) is 24.9 Å². The minimum Gasteiger partial charge on any atom is -0.440 e. The molecule has 0 unspecified atom stereocenters. The summed E-state index contributed by atoms with van der Waals surface area (Å²) < 4.78 is 5.72. The van der Waals surface area contributed by atoms with Crippen molar-refractivity contribution in [1.82, 2.24) is 4.98 Å². The summed E-state index contributed by atoms with van der Waals surface area (Å²) in [7, 11) is 0. The van der Waals surface area contributed by atoms with E-state index in [0.717, 1.165) is 36.3 Å². The number of nitrogens with zero attached hydrogens (tertiary/aromatic N) is 1. The number of benzene rings is 1. The van der Waals surface area contributed by atoms with Gasteiger partial charge in [0.25, 0.3) is 0 Å². The molecule has 0 saturated heterocycles. The van der Waals surface area contributed by atoms with Crippen LogP contribution in [0.2, 0.25) is 0 Å². The largest absolute Gasteiger partial charge is 0.440 e. The van der Waals surface area contributed by atoms with Gasteiger partial charge in [-0.2, -0.15) is 0 Å². The van der Waals surface area contributed by atoms with Crippen molar-refractivity contribution in [2.75, 3.05) is 0 Å².